The van der Waals surface area contributed by atoms with E-state index in [2.05, 4.69) is 71.0 Å². The lowest BCUT2D eigenvalue weighted by Gasteiger charge is -2.20. The van der Waals surface area contributed by atoms with Crippen LogP contribution in [0.3, 0.4) is 0 Å². The van der Waals surface area contributed by atoms with Gasteiger partial charge < -0.3 is 4.74 Å². The van der Waals surface area contributed by atoms with Gasteiger partial charge in [-0.25, -0.2) is 0 Å². The highest BCUT2D eigenvalue weighted by molar-refractivity contribution is 5.32. The molecule has 0 radical (unpaired) electrons. The number of ether oxygens (including phenoxy) is 1. The Bertz CT molecular complexity index is 617. The van der Waals surface area contributed by atoms with Crippen LogP contribution >= 0.6 is 0 Å². The van der Waals surface area contributed by atoms with Crippen LogP contribution < -0.4 is 0 Å². The molecule has 1 heteroatoms. The van der Waals surface area contributed by atoms with Crippen LogP contribution in [0.2, 0.25) is 0 Å². The molecular weight excluding hydrogens is 280 g/mol. The van der Waals surface area contributed by atoms with Gasteiger partial charge in [0.05, 0.1) is 6.10 Å². The van der Waals surface area contributed by atoms with Gasteiger partial charge in [-0.2, -0.15) is 0 Å². The van der Waals surface area contributed by atoms with Crippen molar-refractivity contribution in [3.63, 3.8) is 0 Å². The van der Waals surface area contributed by atoms with Crippen LogP contribution in [-0.2, 0) is 4.74 Å². The molecule has 2 rings (SSSR count). The van der Waals surface area contributed by atoms with Crippen molar-refractivity contribution >= 4 is 0 Å². The molecule has 0 aliphatic heterocycles. The molecule has 0 aliphatic carbocycles. The fourth-order valence-corrected chi connectivity index (χ4v) is 3.48. The topological polar surface area (TPSA) is 9.23 Å². The summed E-state index contributed by atoms with van der Waals surface area (Å²) in [6.45, 7) is 11.0. The van der Waals surface area contributed by atoms with E-state index in [1.165, 1.54) is 33.4 Å². The number of aryl methyl sites for hydroxylation is 4. The van der Waals surface area contributed by atoms with Crippen LogP contribution in [0.5, 0.6) is 0 Å². The summed E-state index contributed by atoms with van der Waals surface area (Å²) in [7, 11) is 1.82. The van der Waals surface area contributed by atoms with E-state index >= 15 is 0 Å². The summed E-state index contributed by atoms with van der Waals surface area (Å²) in [6, 6.07) is 13.6. The minimum Gasteiger partial charge on any atom is -0.377 e. The molecular formula is C22H30O. The zero-order chi connectivity index (χ0) is 17.0. The Morgan fingerprint density at radius 3 is 1.57 bits per heavy atom. The molecule has 0 saturated carbocycles. The molecule has 2 unspecified atom stereocenters. The highest BCUT2D eigenvalue weighted by atomic mass is 16.5. The zero-order valence-corrected chi connectivity index (χ0v) is 15.4. The van der Waals surface area contributed by atoms with Gasteiger partial charge >= 0.3 is 0 Å². The third-order valence-corrected chi connectivity index (χ3v) is 4.58. The molecule has 0 spiro atoms. The number of methoxy groups -OCH3 is 1. The van der Waals surface area contributed by atoms with Crippen LogP contribution in [0.25, 0.3) is 0 Å². The Morgan fingerprint density at radius 1 is 0.696 bits per heavy atom. The van der Waals surface area contributed by atoms with E-state index in [9.17, 15) is 0 Å². The molecule has 0 bridgehead atoms. The maximum atomic E-state index is 5.78. The second-order valence-corrected chi connectivity index (χ2v) is 7.04. The molecule has 0 fully saturated rings. The largest absolute Gasteiger partial charge is 0.377 e. The van der Waals surface area contributed by atoms with Gasteiger partial charge in [0.15, 0.2) is 0 Å². The van der Waals surface area contributed by atoms with Gasteiger partial charge in [0.25, 0.3) is 0 Å². The molecule has 124 valence electrons. The van der Waals surface area contributed by atoms with Crippen LogP contribution in [0.4, 0.5) is 0 Å². The first-order valence-corrected chi connectivity index (χ1v) is 8.58. The van der Waals surface area contributed by atoms with Crippen molar-refractivity contribution in [1.29, 1.82) is 0 Å². The summed E-state index contributed by atoms with van der Waals surface area (Å²) < 4.78 is 5.78. The lowest BCUT2D eigenvalue weighted by atomic mass is 9.90. The van der Waals surface area contributed by atoms with Crippen molar-refractivity contribution in [3.05, 3.63) is 69.8 Å². The third kappa shape index (κ3) is 4.94. The highest BCUT2D eigenvalue weighted by Gasteiger charge is 2.14. The molecule has 0 N–H and O–H groups in total. The Balaban J connectivity index is 2.07. The first-order chi connectivity index (χ1) is 10.9. The summed E-state index contributed by atoms with van der Waals surface area (Å²) in [4.78, 5) is 0. The number of hydrogen-bond donors (Lipinski definition) is 0. The minimum absolute atomic E-state index is 0.182. The molecule has 0 aliphatic rings. The summed E-state index contributed by atoms with van der Waals surface area (Å²) in [5.74, 6) is 0.553. The second kappa shape index (κ2) is 7.79. The monoisotopic (exact) mass is 310 g/mol. The van der Waals surface area contributed by atoms with E-state index < -0.39 is 0 Å². The van der Waals surface area contributed by atoms with E-state index in [1.807, 2.05) is 7.11 Å². The Hall–Kier alpha value is -1.60. The van der Waals surface area contributed by atoms with Crippen LogP contribution in [0, 0.1) is 27.7 Å². The van der Waals surface area contributed by atoms with Crippen molar-refractivity contribution in [3.8, 4) is 0 Å². The Kier molecular flexibility index (Phi) is 6.01. The molecule has 0 saturated heterocycles. The number of hydrogen-bond acceptors (Lipinski definition) is 1. The quantitative estimate of drug-likeness (QED) is 0.618. The van der Waals surface area contributed by atoms with Crippen molar-refractivity contribution in [2.75, 3.05) is 7.11 Å². The minimum atomic E-state index is 0.182. The van der Waals surface area contributed by atoms with Gasteiger partial charge in [0.2, 0.25) is 0 Å². The molecule has 0 aromatic heterocycles. The third-order valence-electron chi connectivity index (χ3n) is 4.58. The molecule has 0 heterocycles. The fraction of sp³-hybridized carbons (Fsp3) is 0.455. The lowest BCUT2D eigenvalue weighted by molar-refractivity contribution is 0.0922. The van der Waals surface area contributed by atoms with Gasteiger partial charge in [-0.3, -0.25) is 0 Å². The van der Waals surface area contributed by atoms with Gasteiger partial charge in [0, 0.05) is 7.11 Å². The van der Waals surface area contributed by atoms with Crippen LogP contribution in [0.15, 0.2) is 36.4 Å². The maximum absolute atomic E-state index is 5.78. The average Bonchev–Trinajstić information content (AvgIpc) is 2.45. The normalized spacial score (nSPS) is 13.8. The molecule has 2 aromatic carbocycles. The molecule has 0 amide bonds. The van der Waals surface area contributed by atoms with Crippen molar-refractivity contribution in [2.45, 2.75) is 59.5 Å². The molecule has 1 nitrogen and oxygen atoms in total. The van der Waals surface area contributed by atoms with Gasteiger partial charge in [-0.15, -0.1) is 0 Å². The summed E-state index contributed by atoms with van der Waals surface area (Å²) >= 11 is 0. The summed E-state index contributed by atoms with van der Waals surface area (Å²) in [5.41, 5.74) is 8.07. The second-order valence-electron chi connectivity index (χ2n) is 7.04. The van der Waals surface area contributed by atoms with E-state index in [-0.39, 0.29) is 6.10 Å². The average molecular weight is 310 g/mol. The molecule has 23 heavy (non-hydrogen) atoms. The number of benzene rings is 2. The predicted molar refractivity (Wildman–Crippen MR) is 99.2 cm³/mol. The zero-order valence-electron chi connectivity index (χ0n) is 15.4. The van der Waals surface area contributed by atoms with Gasteiger partial charge in [0.1, 0.15) is 0 Å². The van der Waals surface area contributed by atoms with Crippen molar-refractivity contribution in [1.82, 2.24) is 0 Å². The van der Waals surface area contributed by atoms with Crippen LogP contribution in [-0.4, -0.2) is 7.11 Å². The van der Waals surface area contributed by atoms with E-state index in [4.69, 9.17) is 4.74 Å². The molecule has 2 atom stereocenters. The first kappa shape index (κ1) is 17.7. The van der Waals surface area contributed by atoms with E-state index in [0.717, 1.165) is 12.8 Å². The highest BCUT2D eigenvalue weighted by Crippen LogP contribution is 2.30. The number of rotatable bonds is 6. The SMILES string of the molecule is COC(CCC(C)c1cc(C)cc(C)c1)c1cc(C)cc(C)c1. The van der Waals surface area contributed by atoms with Gasteiger partial charge in [-0.1, -0.05) is 65.6 Å². The molecule has 2 aromatic rings. The standard InChI is InChI=1S/C22H30O/c1-15-9-16(2)12-20(11-15)19(5)7-8-22(23-6)21-13-17(3)10-18(4)14-21/h9-14,19,22H,7-8H2,1-6H3. The van der Waals surface area contributed by atoms with Crippen molar-refractivity contribution in [2.24, 2.45) is 0 Å². The summed E-state index contributed by atoms with van der Waals surface area (Å²) in [5, 5.41) is 0. The smallest absolute Gasteiger partial charge is 0.0821 e. The predicted octanol–water partition coefficient (Wildman–Crippen LogP) is 6.19. The Labute approximate surface area is 141 Å². The summed E-state index contributed by atoms with van der Waals surface area (Å²) in [6.07, 6.45) is 2.36. The van der Waals surface area contributed by atoms with E-state index in [1.54, 1.807) is 0 Å². The lowest BCUT2D eigenvalue weighted by Crippen LogP contribution is -2.05. The maximum Gasteiger partial charge on any atom is 0.0821 e. The van der Waals surface area contributed by atoms with Crippen molar-refractivity contribution < 1.29 is 4.74 Å². The van der Waals surface area contributed by atoms with Gasteiger partial charge in [-0.05, 0) is 57.6 Å². The Morgan fingerprint density at radius 2 is 1.13 bits per heavy atom. The van der Waals surface area contributed by atoms with Crippen LogP contribution in [0.1, 0.15) is 65.2 Å². The van der Waals surface area contributed by atoms with E-state index in [0.29, 0.717) is 5.92 Å². The first-order valence-electron chi connectivity index (χ1n) is 8.58. The fourth-order valence-electron chi connectivity index (χ4n) is 3.48.